The van der Waals surface area contributed by atoms with Gasteiger partial charge in [-0.05, 0) is 56.2 Å². The number of carboxylic acid groups (broad SMARTS) is 1. The number of sulfonamides is 1. The maximum Gasteiger partial charge on any atom is 0.264 e. The van der Waals surface area contributed by atoms with Crippen molar-refractivity contribution in [3.63, 3.8) is 0 Å². The van der Waals surface area contributed by atoms with Crippen molar-refractivity contribution in [2.24, 2.45) is 0 Å². The van der Waals surface area contributed by atoms with E-state index in [2.05, 4.69) is 0 Å². The van der Waals surface area contributed by atoms with Crippen molar-refractivity contribution in [1.29, 1.82) is 0 Å². The number of aryl methyl sites for hydroxylation is 3. The Morgan fingerprint density at radius 2 is 1.61 bits per heavy atom. The Morgan fingerprint density at radius 1 is 1.00 bits per heavy atom. The van der Waals surface area contributed by atoms with Crippen LogP contribution in [0.5, 0.6) is 0 Å². The lowest BCUT2D eigenvalue weighted by Crippen LogP contribution is -2.41. The Kier molecular flexibility index (Phi) is 4.75. The zero-order valence-corrected chi connectivity index (χ0v) is 14.1. The van der Waals surface area contributed by atoms with Gasteiger partial charge in [-0.3, -0.25) is 4.31 Å². The monoisotopic (exact) mass is 332 g/mol. The van der Waals surface area contributed by atoms with E-state index in [0.29, 0.717) is 5.69 Å². The lowest BCUT2D eigenvalue weighted by atomic mass is 10.1. The second-order valence-electron chi connectivity index (χ2n) is 5.47. The SMILES string of the molecule is Cc1ccc(S(=O)(=O)N(CC(=O)[O-])c2ccc(C)c(C)c2)cc1. The molecule has 0 radical (unpaired) electrons. The molecule has 2 aromatic carbocycles. The third-order valence-corrected chi connectivity index (χ3v) is 5.45. The van der Waals surface area contributed by atoms with Crippen molar-refractivity contribution in [1.82, 2.24) is 0 Å². The first kappa shape index (κ1) is 17.0. The van der Waals surface area contributed by atoms with Gasteiger partial charge in [0.2, 0.25) is 0 Å². The summed E-state index contributed by atoms with van der Waals surface area (Å²) >= 11 is 0. The summed E-state index contributed by atoms with van der Waals surface area (Å²) in [7, 11) is -3.98. The van der Waals surface area contributed by atoms with Crippen LogP contribution in [-0.2, 0) is 14.8 Å². The van der Waals surface area contributed by atoms with E-state index in [-0.39, 0.29) is 4.90 Å². The van der Waals surface area contributed by atoms with Gasteiger partial charge in [0, 0.05) is 0 Å². The highest BCUT2D eigenvalue weighted by Crippen LogP contribution is 2.25. The molecule has 0 heterocycles. The van der Waals surface area contributed by atoms with Crippen LogP contribution in [0.3, 0.4) is 0 Å². The van der Waals surface area contributed by atoms with Gasteiger partial charge in [-0.15, -0.1) is 0 Å². The van der Waals surface area contributed by atoms with Crippen molar-refractivity contribution < 1.29 is 18.3 Å². The standard InChI is InChI=1S/C17H19NO4S/c1-12-4-8-16(9-5-12)23(21,22)18(11-17(19)20)15-7-6-13(2)14(3)10-15/h4-10H,11H2,1-3H3,(H,19,20)/p-1. The molecule has 0 bridgehead atoms. The smallest absolute Gasteiger partial charge is 0.264 e. The molecular formula is C17H18NO4S-. The van der Waals surface area contributed by atoms with E-state index >= 15 is 0 Å². The third kappa shape index (κ3) is 3.71. The van der Waals surface area contributed by atoms with Gasteiger partial charge in [-0.1, -0.05) is 23.8 Å². The minimum atomic E-state index is -3.98. The number of aliphatic carboxylic acids is 1. The Hall–Kier alpha value is -2.34. The predicted octanol–water partition coefficient (Wildman–Crippen LogP) is 1.56. The van der Waals surface area contributed by atoms with Gasteiger partial charge in [0.05, 0.1) is 23.1 Å². The van der Waals surface area contributed by atoms with Crippen LogP contribution >= 0.6 is 0 Å². The summed E-state index contributed by atoms with van der Waals surface area (Å²) in [5, 5.41) is 11.0. The van der Waals surface area contributed by atoms with Crippen LogP contribution in [-0.4, -0.2) is 20.9 Å². The summed E-state index contributed by atoms with van der Waals surface area (Å²) in [6.07, 6.45) is 0. The first-order valence-electron chi connectivity index (χ1n) is 7.08. The molecule has 2 aromatic rings. The van der Waals surface area contributed by atoms with Gasteiger partial charge < -0.3 is 9.90 Å². The zero-order valence-electron chi connectivity index (χ0n) is 13.2. The Bertz CT molecular complexity index is 826. The highest BCUT2D eigenvalue weighted by atomic mass is 32.2. The molecular weight excluding hydrogens is 314 g/mol. The molecule has 0 aliphatic carbocycles. The summed E-state index contributed by atoms with van der Waals surface area (Å²) in [6.45, 7) is 4.85. The molecule has 0 spiro atoms. The molecule has 0 aliphatic heterocycles. The molecule has 0 fully saturated rings. The van der Waals surface area contributed by atoms with Crippen molar-refractivity contribution in [2.45, 2.75) is 25.7 Å². The van der Waals surface area contributed by atoms with Crippen LogP contribution in [0.4, 0.5) is 5.69 Å². The lowest BCUT2D eigenvalue weighted by molar-refractivity contribution is -0.303. The van der Waals surface area contributed by atoms with Gasteiger partial charge in [-0.2, -0.15) is 0 Å². The van der Waals surface area contributed by atoms with Crippen LogP contribution < -0.4 is 9.41 Å². The van der Waals surface area contributed by atoms with Crippen molar-refractivity contribution in [3.8, 4) is 0 Å². The molecule has 23 heavy (non-hydrogen) atoms. The molecule has 0 saturated heterocycles. The van der Waals surface area contributed by atoms with E-state index < -0.39 is 22.5 Å². The lowest BCUT2D eigenvalue weighted by Gasteiger charge is -2.25. The van der Waals surface area contributed by atoms with Crippen molar-refractivity contribution in [2.75, 3.05) is 10.8 Å². The summed E-state index contributed by atoms with van der Waals surface area (Å²) in [5.41, 5.74) is 3.10. The second kappa shape index (κ2) is 6.42. The van der Waals surface area contributed by atoms with E-state index in [1.807, 2.05) is 20.8 Å². The number of benzene rings is 2. The van der Waals surface area contributed by atoms with E-state index in [9.17, 15) is 18.3 Å². The topological polar surface area (TPSA) is 77.5 Å². The number of hydrogen-bond acceptors (Lipinski definition) is 4. The van der Waals surface area contributed by atoms with Crippen LogP contribution in [0.2, 0.25) is 0 Å². The average Bonchev–Trinajstić information content (AvgIpc) is 2.48. The van der Waals surface area contributed by atoms with E-state index in [0.717, 1.165) is 21.0 Å². The zero-order chi connectivity index (χ0) is 17.2. The maximum absolute atomic E-state index is 12.8. The number of nitrogens with zero attached hydrogens (tertiary/aromatic N) is 1. The predicted molar refractivity (Wildman–Crippen MR) is 86.6 cm³/mol. The molecule has 0 aromatic heterocycles. The molecule has 122 valence electrons. The van der Waals surface area contributed by atoms with E-state index in [1.54, 1.807) is 30.3 Å². The van der Waals surface area contributed by atoms with E-state index in [4.69, 9.17) is 0 Å². The molecule has 0 unspecified atom stereocenters. The van der Waals surface area contributed by atoms with Crippen LogP contribution in [0.1, 0.15) is 16.7 Å². The average molecular weight is 332 g/mol. The molecule has 5 nitrogen and oxygen atoms in total. The Labute approximate surface area is 136 Å². The van der Waals surface area contributed by atoms with E-state index in [1.165, 1.54) is 12.1 Å². The number of hydrogen-bond donors (Lipinski definition) is 0. The largest absolute Gasteiger partial charge is 0.548 e. The first-order chi connectivity index (χ1) is 10.7. The number of rotatable bonds is 5. The van der Waals surface area contributed by atoms with Crippen molar-refractivity contribution in [3.05, 3.63) is 59.2 Å². The second-order valence-corrected chi connectivity index (χ2v) is 7.33. The number of anilines is 1. The Balaban J connectivity index is 2.55. The number of carbonyl (C=O) groups excluding carboxylic acids is 1. The Morgan fingerprint density at radius 3 is 2.13 bits per heavy atom. The van der Waals surface area contributed by atoms with Crippen LogP contribution in [0, 0.1) is 20.8 Å². The first-order valence-corrected chi connectivity index (χ1v) is 8.52. The molecule has 0 saturated carbocycles. The van der Waals surface area contributed by atoms with Crippen LogP contribution in [0.15, 0.2) is 47.4 Å². The summed E-state index contributed by atoms with van der Waals surface area (Å²) in [4.78, 5) is 11.1. The summed E-state index contributed by atoms with van der Waals surface area (Å²) in [6, 6.07) is 11.3. The quantitative estimate of drug-likeness (QED) is 0.832. The molecule has 0 atom stereocenters. The summed E-state index contributed by atoms with van der Waals surface area (Å²) < 4.78 is 26.5. The van der Waals surface area contributed by atoms with Gasteiger partial charge in [0.1, 0.15) is 0 Å². The summed E-state index contributed by atoms with van der Waals surface area (Å²) in [5.74, 6) is -1.46. The minimum Gasteiger partial charge on any atom is -0.548 e. The number of carbonyl (C=O) groups is 1. The minimum absolute atomic E-state index is 0.0441. The highest BCUT2D eigenvalue weighted by molar-refractivity contribution is 7.92. The van der Waals surface area contributed by atoms with Gasteiger partial charge >= 0.3 is 0 Å². The molecule has 2 rings (SSSR count). The van der Waals surface area contributed by atoms with Gasteiger partial charge in [-0.25, -0.2) is 8.42 Å². The fraction of sp³-hybridized carbons (Fsp3) is 0.235. The fourth-order valence-electron chi connectivity index (χ4n) is 2.15. The van der Waals surface area contributed by atoms with Gasteiger partial charge in [0.15, 0.2) is 0 Å². The third-order valence-electron chi connectivity index (χ3n) is 3.66. The molecule has 0 aliphatic rings. The molecule has 0 amide bonds. The fourth-order valence-corrected chi connectivity index (χ4v) is 3.55. The number of carboxylic acids is 1. The molecule has 6 heteroatoms. The maximum atomic E-state index is 12.8. The van der Waals surface area contributed by atoms with Crippen LogP contribution in [0.25, 0.3) is 0 Å². The normalized spacial score (nSPS) is 11.3. The highest BCUT2D eigenvalue weighted by Gasteiger charge is 2.25. The van der Waals surface area contributed by atoms with Gasteiger partial charge in [0.25, 0.3) is 10.0 Å². The van der Waals surface area contributed by atoms with Crippen molar-refractivity contribution >= 4 is 21.7 Å². The molecule has 0 N–H and O–H groups in total.